The molecule has 1 aliphatic carbocycles. The fourth-order valence-electron chi connectivity index (χ4n) is 3.76. The molecule has 0 radical (unpaired) electrons. The van der Waals surface area contributed by atoms with Crippen LogP contribution in [-0.2, 0) is 4.79 Å². The molecule has 1 saturated carbocycles. The Kier molecular flexibility index (Phi) is 6.75. The summed E-state index contributed by atoms with van der Waals surface area (Å²) in [5, 5.41) is 2.96. The molecule has 2 aliphatic rings. The van der Waals surface area contributed by atoms with Crippen LogP contribution in [0.1, 0.15) is 69.3 Å². The predicted octanol–water partition coefficient (Wildman–Crippen LogP) is 2.63. The van der Waals surface area contributed by atoms with Gasteiger partial charge in [-0.2, -0.15) is 0 Å². The second-order valence-electron chi connectivity index (χ2n) is 8.09. The highest BCUT2D eigenvalue weighted by atomic mass is 16.5. The van der Waals surface area contributed by atoms with Crippen LogP contribution in [0.25, 0.3) is 0 Å². The molecule has 2 fully saturated rings. The highest BCUT2D eigenvalue weighted by Gasteiger charge is 2.28. The molecule has 3 rings (SSSR count). The Bertz CT molecular complexity index is 705. The number of carbonyl (C=O) groups is 2. The minimum Gasteiger partial charge on any atom is -0.477 e. The first kappa shape index (κ1) is 20.4. The van der Waals surface area contributed by atoms with E-state index in [0.717, 1.165) is 31.5 Å². The molecule has 1 saturated heterocycles. The second kappa shape index (κ2) is 9.26. The Morgan fingerprint density at radius 2 is 2.14 bits per heavy atom. The first-order valence-corrected chi connectivity index (χ1v) is 10.5. The lowest BCUT2D eigenvalue weighted by Crippen LogP contribution is -2.39. The standard InChI is InChI=1S/C21H32N4O3/c1-3-5-16(12-18(22)26)23-21(27)20-17(25-11-4-6-14(25)2)9-10-19(24-20)28-13-15-7-8-15/h9-10,14-16H,3-8,11-13H2,1-2H3,(H2,22,26)(H,23,27)/t14?,16-/m0/s1. The van der Waals surface area contributed by atoms with Crippen molar-refractivity contribution >= 4 is 17.5 Å². The minimum absolute atomic E-state index is 0.132. The van der Waals surface area contributed by atoms with Gasteiger partial charge in [0.1, 0.15) is 0 Å². The summed E-state index contributed by atoms with van der Waals surface area (Å²) in [6, 6.07) is 3.88. The van der Waals surface area contributed by atoms with Crippen LogP contribution in [0.15, 0.2) is 12.1 Å². The molecule has 1 aliphatic heterocycles. The quantitative estimate of drug-likeness (QED) is 0.642. The summed E-state index contributed by atoms with van der Waals surface area (Å²) >= 11 is 0. The van der Waals surface area contributed by atoms with E-state index in [4.69, 9.17) is 10.5 Å². The van der Waals surface area contributed by atoms with Crippen LogP contribution in [0.5, 0.6) is 5.88 Å². The lowest BCUT2D eigenvalue weighted by Gasteiger charge is -2.26. The Hall–Kier alpha value is -2.31. The predicted molar refractivity (Wildman–Crippen MR) is 108 cm³/mol. The minimum atomic E-state index is -0.415. The van der Waals surface area contributed by atoms with Gasteiger partial charge in [0.15, 0.2) is 5.69 Å². The van der Waals surface area contributed by atoms with Crippen LogP contribution in [0.4, 0.5) is 5.69 Å². The first-order chi connectivity index (χ1) is 13.5. The number of aromatic nitrogens is 1. The van der Waals surface area contributed by atoms with Crippen LogP contribution in [0, 0.1) is 5.92 Å². The summed E-state index contributed by atoms with van der Waals surface area (Å²) in [5.41, 5.74) is 6.55. The third-order valence-corrected chi connectivity index (χ3v) is 5.51. The smallest absolute Gasteiger partial charge is 0.272 e. The van der Waals surface area contributed by atoms with E-state index in [1.165, 1.54) is 12.8 Å². The molecule has 1 aromatic heterocycles. The number of anilines is 1. The maximum Gasteiger partial charge on any atom is 0.272 e. The average Bonchev–Trinajstić information content (AvgIpc) is 3.39. The van der Waals surface area contributed by atoms with E-state index < -0.39 is 5.91 Å². The zero-order valence-corrected chi connectivity index (χ0v) is 16.9. The van der Waals surface area contributed by atoms with Crippen molar-refractivity contribution in [1.82, 2.24) is 10.3 Å². The van der Waals surface area contributed by atoms with Crippen molar-refractivity contribution in [3.05, 3.63) is 17.8 Å². The SMILES string of the molecule is CCC[C@@H](CC(N)=O)NC(=O)c1nc(OCC2CC2)ccc1N1CCCC1C. The van der Waals surface area contributed by atoms with Gasteiger partial charge in [-0.25, -0.2) is 4.98 Å². The van der Waals surface area contributed by atoms with Crippen molar-refractivity contribution in [2.75, 3.05) is 18.1 Å². The number of carbonyl (C=O) groups excluding carboxylic acids is 2. The maximum absolute atomic E-state index is 13.1. The molecule has 0 aromatic carbocycles. The molecular formula is C21H32N4O3. The first-order valence-electron chi connectivity index (χ1n) is 10.5. The van der Waals surface area contributed by atoms with Crippen molar-refractivity contribution in [3.8, 4) is 5.88 Å². The van der Waals surface area contributed by atoms with E-state index in [-0.39, 0.29) is 18.4 Å². The van der Waals surface area contributed by atoms with Crippen LogP contribution in [-0.4, -0.2) is 42.0 Å². The van der Waals surface area contributed by atoms with Crippen molar-refractivity contribution in [2.24, 2.45) is 11.7 Å². The van der Waals surface area contributed by atoms with Gasteiger partial charge in [-0.1, -0.05) is 13.3 Å². The molecule has 28 heavy (non-hydrogen) atoms. The van der Waals surface area contributed by atoms with Crippen molar-refractivity contribution in [2.45, 2.75) is 70.9 Å². The Morgan fingerprint density at radius 1 is 1.36 bits per heavy atom. The number of nitrogens with zero attached hydrogens (tertiary/aromatic N) is 2. The van der Waals surface area contributed by atoms with Crippen molar-refractivity contribution < 1.29 is 14.3 Å². The number of hydrogen-bond donors (Lipinski definition) is 2. The van der Waals surface area contributed by atoms with E-state index in [2.05, 4.69) is 22.1 Å². The molecule has 3 N–H and O–H groups in total. The number of ether oxygens (including phenoxy) is 1. The van der Waals surface area contributed by atoms with Gasteiger partial charge < -0.3 is 20.7 Å². The molecular weight excluding hydrogens is 356 g/mol. The van der Waals surface area contributed by atoms with E-state index in [9.17, 15) is 9.59 Å². The molecule has 2 amide bonds. The monoisotopic (exact) mass is 388 g/mol. The Balaban J connectivity index is 1.81. The lowest BCUT2D eigenvalue weighted by molar-refractivity contribution is -0.118. The van der Waals surface area contributed by atoms with Crippen LogP contribution < -0.4 is 20.7 Å². The molecule has 2 atom stereocenters. The summed E-state index contributed by atoms with van der Waals surface area (Å²) in [4.78, 5) is 31.2. The van der Waals surface area contributed by atoms with Gasteiger partial charge in [0.05, 0.1) is 12.3 Å². The summed E-state index contributed by atoms with van der Waals surface area (Å²) in [5.74, 6) is 0.406. The molecule has 7 heteroatoms. The normalized spacial score (nSPS) is 20.1. The molecule has 1 aromatic rings. The number of rotatable bonds is 10. The third-order valence-electron chi connectivity index (χ3n) is 5.51. The van der Waals surface area contributed by atoms with Gasteiger partial charge in [-0.3, -0.25) is 9.59 Å². The van der Waals surface area contributed by atoms with E-state index >= 15 is 0 Å². The van der Waals surface area contributed by atoms with Gasteiger partial charge in [0.25, 0.3) is 5.91 Å². The van der Waals surface area contributed by atoms with E-state index in [0.29, 0.717) is 36.6 Å². The summed E-state index contributed by atoms with van der Waals surface area (Å²) in [7, 11) is 0. The lowest BCUT2D eigenvalue weighted by atomic mass is 10.1. The van der Waals surface area contributed by atoms with E-state index in [1.807, 2.05) is 19.1 Å². The van der Waals surface area contributed by atoms with Gasteiger partial charge in [0.2, 0.25) is 11.8 Å². The molecule has 0 spiro atoms. The Labute approximate surface area is 167 Å². The fraction of sp³-hybridized carbons (Fsp3) is 0.667. The maximum atomic E-state index is 13.1. The number of primary amides is 1. The molecule has 2 heterocycles. The van der Waals surface area contributed by atoms with Crippen LogP contribution in [0.2, 0.25) is 0 Å². The topological polar surface area (TPSA) is 97.5 Å². The molecule has 7 nitrogen and oxygen atoms in total. The van der Waals surface area contributed by atoms with Crippen molar-refractivity contribution in [1.29, 1.82) is 0 Å². The molecule has 0 bridgehead atoms. The number of nitrogens with one attached hydrogen (secondary N) is 1. The van der Waals surface area contributed by atoms with Gasteiger partial charge in [0, 0.05) is 31.1 Å². The number of amides is 2. The number of hydrogen-bond acceptors (Lipinski definition) is 5. The number of pyridine rings is 1. The zero-order chi connectivity index (χ0) is 20.1. The fourth-order valence-corrected chi connectivity index (χ4v) is 3.76. The van der Waals surface area contributed by atoms with Gasteiger partial charge in [-0.15, -0.1) is 0 Å². The highest BCUT2D eigenvalue weighted by Crippen LogP contribution is 2.32. The summed E-state index contributed by atoms with van der Waals surface area (Å²) < 4.78 is 5.80. The summed E-state index contributed by atoms with van der Waals surface area (Å²) in [6.45, 7) is 5.74. The molecule has 1 unspecified atom stereocenters. The third kappa shape index (κ3) is 5.36. The van der Waals surface area contributed by atoms with Crippen LogP contribution >= 0.6 is 0 Å². The molecule has 154 valence electrons. The zero-order valence-electron chi connectivity index (χ0n) is 16.9. The van der Waals surface area contributed by atoms with Gasteiger partial charge >= 0.3 is 0 Å². The van der Waals surface area contributed by atoms with Gasteiger partial charge in [-0.05, 0) is 51.0 Å². The van der Waals surface area contributed by atoms with Crippen LogP contribution in [0.3, 0.4) is 0 Å². The average molecular weight is 389 g/mol. The summed E-state index contributed by atoms with van der Waals surface area (Å²) in [6.07, 6.45) is 6.27. The van der Waals surface area contributed by atoms with E-state index in [1.54, 1.807) is 0 Å². The second-order valence-corrected chi connectivity index (χ2v) is 8.09. The van der Waals surface area contributed by atoms with Crippen molar-refractivity contribution in [3.63, 3.8) is 0 Å². The largest absolute Gasteiger partial charge is 0.477 e. The highest BCUT2D eigenvalue weighted by molar-refractivity contribution is 5.98. The number of nitrogens with two attached hydrogens (primary N) is 1. The Morgan fingerprint density at radius 3 is 2.75 bits per heavy atom.